The number of hydrogen-bond acceptors (Lipinski definition) is 5. The van der Waals surface area contributed by atoms with Gasteiger partial charge in [0.25, 0.3) is 5.91 Å². The molecule has 1 aliphatic heterocycles. The number of β-lactam (4-membered cyclic amide) rings is 1. The SMILES string of the molecule is CO/N=C(\C(=O)NC1CNC1=O)c1cccs1. The lowest BCUT2D eigenvalue weighted by atomic mass is 10.1. The molecule has 1 aromatic heterocycles. The molecule has 90 valence electrons. The van der Waals surface area contributed by atoms with Crippen LogP contribution in [0.25, 0.3) is 0 Å². The Morgan fingerprint density at radius 1 is 1.71 bits per heavy atom. The number of nitrogens with zero attached hydrogens (tertiary/aromatic N) is 1. The van der Waals surface area contributed by atoms with Gasteiger partial charge in [-0.15, -0.1) is 11.3 Å². The minimum absolute atomic E-state index is 0.179. The lowest BCUT2D eigenvalue weighted by molar-refractivity contribution is -0.131. The van der Waals surface area contributed by atoms with Gasteiger partial charge in [-0.2, -0.15) is 0 Å². The molecule has 0 bridgehead atoms. The van der Waals surface area contributed by atoms with Crippen molar-refractivity contribution in [2.75, 3.05) is 13.7 Å². The number of oxime groups is 1. The van der Waals surface area contributed by atoms with Gasteiger partial charge >= 0.3 is 0 Å². The molecule has 1 aliphatic rings. The molecule has 17 heavy (non-hydrogen) atoms. The van der Waals surface area contributed by atoms with Crippen molar-refractivity contribution >= 4 is 28.9 Å². The summed E-state index contributed by atoms with van der Waals surface area (Å²) in [6.45, 7) is 0.454. The predicted molar refractivity (Wildman–Crippen MR) is 62.8 cm³/mol. The van der Waals surface area contributed by atoms with E-state index in [1.807, 2.05) is 11.4 Å². The predicted octanol–water partition coefficient (Wildman–Crippen LogP) is -0.287. The molecular weight excluding hydrogens is 242 g/mol. The van der Waals surface area contributed by atoms with E-state index in [4.69, 9.17) is 0 Å². The summed E-state index contributed by atoms with van der Waals surface area (Å²) in [5.74, 6) is -0.588. The number of hydrogen-bond donors (Lipinski definition) is 2. The van der Waals surface area contributed by atoms with Gasteiger partial charge in [0.05, 0.1) is 4.88 Å². The Hall–Kier alpha value is -1.89. The Labute approximate surface area is 102 Å². The topological polar surface area (TPSA) is 79.8 Å². The van der Waals surface area contributed by atoms with Crippen molar-refractivity contribution in [3.8, 4) is 0 Å². The third-order valence-electron chi connectivity index (χ3n) is 2.25. The van der Waals surface area contributed by atoms with Crippen LogP contribution < -0.4 is 10.6 Å². The molecule has 6 nitrogen and oxygen atoms in total. The van der Waals surface area contributed by atoms with Crippen molar-refractivity contribution in [2.24, 2.45) is 5.16 Å². The van der Waals surface area contributed by atoms with Crippen LogP contribution in [0.3, 0.4) is 0 Å². The van der Waals surface area contributed by atoms with E-state index in [1.165, 1.54) is 18.4 Å². The van der Waals surface area contributed by atoms with Crippen LogP contribution >= 0.6 is 11.3 Å². The van der Waals surface area contributed by atoms with E-state index in [-0.39, 0.29) is 11.6 Å². The molecule has 1 fully saturated rings. The van der Waals surface area contributed by atoms with Crippen LogP contribution in [0, 0.1) is 0 Å². The molecule has 0 spiro atoms. The number of thiophene rings is 1. The van der Waals surface area contributed by atoms with E-state index in [9.17, 15) is 9.59 Å². The molecule has 2 amide bonds. The van der Waals surface area contributed by atoms with Crippen LogP contribution in [0.5, 0.6) is 0 Å². The maximum absolute atomic E-state index is 11.9. The number of rotatable bonds is 4. The van der Waals surface area contributed by atoms with Crippen molar-refractivity contribution in [1.82, 2.24) is 10.6 Å². The third-order valence-corrected chi connectivity index (χ3v) is 3.13. The van der Waals surface area contributed by atoms with Gasteiger partial charge in [-0.1, -0.05) is 11.2 Å². The van der Waals surface area contributed by atoms with Crippen LogP contribution in [-0.2, 0) is 14.4 Å². The number of carbonyl (C=O) groups is 2. The van der Waals surface area contributed by atoms with Gasteiger partial charge in [-0.25, -0.2) is 0 Å². The van der Waals surface area contributed by atoms with E-state index in [2.05, 4.69) is 20.6 Å². The summed E-state index contributed by atoms with van der Waals surface area (Å²) in [6.07, 6.45) is 0. The zero-order chi connectivity index (χ0) is 12.3. The molecule has 0 aliphatic carbocycles. The van der Waals surface area contributed by atoms with Crippen LogP contribution in [-0.4, -0.2) is 37.2 Å². The van der Waals surface area contributed by atoms with Gasteiger partial charge in [-0.05, 0) is 11.4 Å². The molecule has 0 aromatic carbocycles. The summed E-state index contributed by atoms with van der Waals surface area (Å²) in [5.41, 5.74) is 0.183. The van der Waals surface area contributed by atoms with Crippen molar-refractivity contribution in [1.29, 1.82) is 0 Å². The molecule has 1 saturated heterocycles. The standard InChI is InChI=1S/C10H11N3O3S/c1-16-13-8(7-3-2-4-17-7)10(15)12-6-5-11-9(6)14/h2-4,6H,5H2,1H3,(H,11,14)(H,12,15)/b13-8-. The molecule has 2 N–H and O–H groups in total. The minimum Gasteiger partial charge on any atom is -0.398 e. The van der Waals surface area contributed by atoms with Crippen LogP contribution in [0.1, 0.15) is 4.88 Å². The summed E-state index contributed by atoms with van der Waals surface area (Å²) in [6, 6.07) is 3.11. The maximum atomic E-state index is 11.9. The van der Waals surface area contributed by atoms with Crippen molar-refractivity contribution in [3.05, 3.63) is 22.4 Å². The smallest absolute Gasteiger partial charge is 0.275 e. The first-order chi connectivity index (χ1) is 8.22. The highest BCUT2D eigenvalue weighted by Gasteiger charge is 2.30. The highest BCUT2D eigenvalue weighted by atomic mass is 32.1. The Morgan fingerprint density at radius 3 is 3.00 bits per heavy atom. The van der Waals surface area contributed by atoms with E-state index in [0.717, 1.165) is 0 Å². The lowest BCUT2D eigenvalue weighted by Gasteiger charge is -2.26. The monoisotopic (exact) mass is 253 g/mol. The molecule has 2 heterocycles. The van der Waals surface area contributed by atoms with Crippen LogP contribution in [0.15, 0.2) is 22.7 Å². The first-order valence-electron chi connectivity index (χ1n) is 4.96. The first kappa shape index (κ1) is 11.6. The Bertz CT molecular complexity index is 455. The second-order valence-electron chi connectivity index (χ2n) is 3.37. The van der Waals surface area contributed by atoms with Crippen molar-refractivity contribution < 1.29 is 14.4 Å². The number of nitrogens with one attached hydrogen (secondary N) is 2. The van der Waals surface area contributed by atoms with Crippen LogP contribution in [0.4, 0.5) is 0 Å². The van der Waals surface area contributed by atoms with E-state index >= 15 is 0 Å². The molecule has 0 saturated carbocycles. The fourth-order valence-corrected chi connectivity index (χ4v) is 2.04. The van der Waals surface area contributed by atoms with Gasteiger partial charge < -0.3 is 15.5 Å². The zero-order valence-electron chi connectivity index (χ0n) is 9.10. The van der Waals surface area contributed by atoms with Crippen molar-refractivity contribution in [3.63, 3.8) is 0 Å². The molecule has 7 heteroatoms. The summed E-state index contributed by atoms with van der Waals surface area (Å²) < 4.78 is 0. The second-order valence-corrected chi connectivity index (χ2v) is 4.32. The van der Waals surface area contributed by atoms with Crippen LogP contribution in [0.2, 0.25) is 0 Å². The van der Waals surface area contributed by atoms with Gasteiger partial charge in [0.2, 0.25) is 5.91 Å². The third kappa shape index (κ3) is 2.44. The fourth-order valence-electron chi connectivity index (χ4n) is 1.33. The average molecular weight is 253 g/mol. The zero-order valence-corrected chi connectivity index (χ0v) is 9.91. The second kappa shape index (κ2) is 4.96. The Morgan fingerprint density at radius 2 is 2.53 bits per heavy atom. The normalized spacial score (nSPS) is 19.2. The minimum atomic E-state index is -0.468. The fraction of sp³-hybridized carbons (Fsp3) is 0.300. The number of carbonyl (C=O) groups excluding carboxylic acids is 2. The average Bonchev–Trinajstić information content (AvgIpc) is 2.84. The number of amides is 2. The lowest BCUT2D eigenvalue weighted by Crippen LogP contribution is -2.62. The molecule has 0 radical (unpaired) electrons. The summed E-state index contributed by atoms with van der Waals surface area (Å²) in [5, 5.41) is 10.7. The largest absolute Gasteiger partial charge is 0.398 e. The van der Waals surface area contributed by atoms with Crippen molar-refractivity contribution in [2.45, 2.75) is 6.04 Å². The van der Waals surface area contributed by atoms with Gasteiger partial charge in [0, 0.05) is 6.54 Å². The van der Waals surface area contributed by atoms with E-state index in [1.54, 1.807) is 6.07 Å². The van der Waals surface area contributed by atoms with E-state index in [0.29, 0.717) is 11.4 Å². The Kier molecular flexibility index (Phi) is 3.38. The van der Waals surface area contributed by atoms with Gasteiger partial charge in [-0.3, -0.25) is 9.59 Å². The summed E-state index contributed by atoms with van der Waals surface area (Å²) in [4.78, 5) is 28.3. The molecule has 2 rings (SSSR count). The molecule has 1 unspecified atom stereocenters. The summed E-state index contributed by atoms with van der Waals surface area (Å²) in [7, 11) is 1.37. The molecular formula is C10H11N3O3S. The van der Waals surface area contributed by atoms with Gasteiger partial charge in [0.15, 0.2) is 5.71 Å². The first-order valence-corrected chi connectivity index (χ1v) is 5.84. The highest BCUT2D eigenvalue weighted by Crippen LogP contribution is 2.11. The quantitative estimate of drug-likeness (QED) is 0.440. The molecule has 1 atom stereocenters. The maximum Gasteiger partial charge on any atom is 0.275 e. The van der Waals surface area contributed by atoms with E-state index < -0.39 is 11.9 Å². The van der Waals surface area contributed by atoms with Gasteiger partial charge in [0.1, 0.15) is 13.2 Å². The highest BCUT2D eigenvalue weighted by molar-refractivity contribution is 7.13. The summed E-state index contributed by atoms with van der Waals surface area (Å²) >= 11 is 1.38. The molecule has 1 aromatic rings. The Balaban J connectivity index is 2.09.